The molecule has 1 aromatic heterocycles. The Morgan fingerprint density at radius 3 is 2.33 bits per heavy atom. The van der Waals surface area contributed by atoms with Crippen LogP contribution < -0.4 is 11.4 Å². The smallest absolute Gasteiger partial charge is 0.327 e. The van der Waals surface area contributed by atoms with Crippen molar-refractivity contribution in [3.05, 3.63) is 28.7 Å². The van der Waals surface area contributed by atoms with E-state index >= 15 is 0 Å². The van der Waals surface area contributed by atoms with Gasteiger partial charge >= 0.3 is 5.69 Å². The zero-order valence-corrected chi connectivity index (χ0v) is 15.7. The van der Waals surface area contributed by atoms with Gasteiger partial charge in [0.25, 0.3) is 0 Å². The van der Waals surface area contributed by atoms with Crippen molar-refractivity contribution in [1.29, 1.82) is 0 Å². The maximum atomic E-state index is 12.8. The fourth-order valence-corrected chi connectivity index (χ4v) is 3.82. The number of nitrogens with zero attached hydrogens (tertiary/aromatic N) is 3. The number of hydrogen-bond donors (Lipinski definition) is 1. The van der Waals surface area contributed by atoms with Gasteiger partial charge in [0.05, 0.1) is 15.9 Å². The first-order valence-electron chi connectivity index (χ1n) is 7.94. The molecule has 0 radical (unpaired) electrons. The number of imidazole rings is 1. The molecule has 0 aliphatic heterocycles. The third-order valence-corrected chi connectivity index (χ3v) is 6.44. The zero-order chi connectivity index (χ0) is 18.2. The molecule has 0 spiro atoms. The number of nitrogens with two attached hydrogens (primary N) is 1. The first-order valence-corrected chi connectivity index (χ1v) is 9.38. The highest BCUT2D eigenvalue weighted by Gasteiger charge is 2.23. The average molecular weight is 354 g/mol. The average Bonchev–Trinajstić information content (AvgIpc) is 2.76. The Morgan fingerprint density at radius 2 is 1.75 bits per heavy atom. The van der Waals surface area contributed by atoms with Crippen LogP contribution in [0.1, 0.15) is 20.3 Å². The van der Waals surface area contributed by atoms with E-state index < -0.39 is 10.0 Å². The standard InChI is InChI=1S/C16H26N4O3S/c1-11(2)13(17)8-9-18(3)24(22,23)12-6-7-14-15(10-12)20(5)16(21)19(14)4/h6-7,10-11,13H,8-9,17H2,1-5H3. The Morgan fingerprint density at radius 1 is 1.17 bits per heavy atom. The van der Waals surface area contributed by atoms with Crippen LogP contribution in [0.2, 0.25) is 0 Å². The topological polar surface area (TPSA) is 90.3 Å². The largest absolute Gasteiger partial charge is 0.328 e. The predicted octanol–water partition coefficient (Wildman–Crippen LogP) is 0.871. The van der Waals surface area contributed by atoms with Gasteiger partial charge in [0, 0.05) is 33.7 Å². The lowest BCUT2D eigenvalue weighted by atomic mass is 10.0. The molecule has 7 nitrogen and oxygen atoms in total. The van der Waals surface area contributed by atoms with E-state index in [1.807, 2.05) is 13.8 Å². The molecule has 134 valence electrons. The highest BCUT2D eigenvalue weighted by Crippen LogP contribution is 2.20. The lowest BCUT2D eigenvalue weighted by Crippen LogP contribution is -2.34. The lowest BCUT2D eigenvalue weighted by Gasteiger charge is -2.21. The van der Waals surface area contributed by atoms with Crippen LogP contribution in [0.3, 0.4) is 0 Å². The van der Waals surface area contributed by atoms with E-state index in [1.54, 1.807) is 33.3 Å². The molecule has 2 N–H and O–H groups in total. The maximum absolute atomic E-state index is 12.8. The fraction of sp³-hybridized carbons (Fsp3) is 0.562. The van der Waals surface area contributed by atoms with Gasteiger partial charge < -0.3 is 5.73 Å². The van der Waals surface area contributed by atoms with Crippen molar-refractivity contribution in [2.45, 2.75) is 31.2 Å². The second-order valence-electron chi connectivity index (χ2n) is 6.57. The van der Waals surface area contributed by atoms with Gasteiger partial charge in [-0.25, -0.2) is 17.5 Å². The van der Waals surface area contributed by atoms with E-state index in [9.17, 15) is 13.2 Å². The molecule has 2 rings (SSSR count). The Kier molecular flexibility index (Phi) is 5.22. The summed E-state index contributed by atoms with van der Waals surface area (Å²) < 4.78 is 29.8. The molecule has 0 fully saturated rings. The summed E-state index contributed by atoms with van der Waals surface area (Å²) in [5.41, 5.74) is 7.11. The number of aryl methyl sites for hydroxylation is 2. The van der Waals surface area contributed by atoms with E-state index in [2.05, 4.69) is 0 Å². The third kappa shape index (κ3) is 3.26. The number of aromatic nitrogens is 2. The molecule has 0 saturated carbocycles. The Labute approximate surface area is 142 Å². The molecule has 0 saturated heterocycles. The predicted molar refractivity (Wildman–Crippen MR) is 95.4 cm³/mol. The Hall–Kier alpha value is -1.64. The van der Waals surface area contributed by atoms with E-state index in [0.29, 0.717) is 29.9 Å². The second kappa shape index (κ2) is 6.70. The van der Waals surface area contributed by atoms with Crippen molar-refractivity contribution in [3.8, 4) is 0 Å². The third-order valence-electron chi connectivity index (χ3n) is 4.59. The monoisotopic (exact) mass is 354 g/mol. The molecular formula is C16H26N4O3S. The van der Waals surface area contributed by atoms with Crippen LogP contribution in [-0.4, -0.2) is 41.5 Å². The minimum absolute atomic E-state index is 0.0416. The van der Waals surface area contributed by atoms with Crippen LogP contribution in [-0.2, 0) is 24.1 Å². The molecule has 8 heteroatoms. The van der Waals surface area contributed by atoms with Crippen LogP contribution in [0, 0.1) is 5.92 Å². The van der Waals surface area contributed by atoms with Crippen LogP contribution in [0.25, 0.3) is 11.0 Å². The van der Waals surface area contributed by atoms with Gasteiger partial charge in [-0.2, -0.15) is 0 Å². The van der Waals surface area contributed by atoms with Crippen molar-refractivity contribution in [2.24, 2.45) is 25.7 Å². The van der Waals surface area contributed by atoms with Gasteiger partial charge in [-0.15, -0.1) is 0 Å². The zero-order valence-electron chi connectivity index (χ0n) is 14.9. The second-order valence-corrected chi connectivity index (χ2v) is 8.62. The van der Waals surface area contributed by atoms with Gasteiger partial charge in [0.1, 0.15) is 0 Å². The molecule has 1 aromatic carbocycles. The first kappa shape index (κ1) is 18.7. The summed E-state index contributed by atoms with van der Waals surface area (Å²) in [4.78, 5) is 12.2. The molecule has 24 heavy (non-hydrogen) atoms. The van der Waals surface area contributed by atoms with Crippen LogP contribution in [0.15, 0.2) is 27.9 Å². The van der Waals surface area contributed by atoms with Crippen molar-refractivity contribution < 1.29 is 8.42 Å². The summed E-state index contributed by atoms with van der Waals surface area (Å²) in [5, 5.41) is 0. The summed E-state index contributed by atoms with van der Waals surface area (Å²) in [6.07, 6.45) is 0.597. The quantitative estimate of drug-likeness (QED) is 0.833. The molecule has 0 aliphatic rings. The highest BCUT2D eigenvalue weighted by molar-refractivity contribution is 7.89. The fourth-order valence-electron chi connectivity index (χ4n) is 2.61. The Bertz CT molecular complexity index is 896. The number of rotatable bonds is 6. The van der Waals surface area contributed by atoms with Crippen LogP contribution >= 0.6 is 0 Å². The van der Waals surface area contributed by atoms with E-state index in [0.717, 1.165) is 0 Å². The maximum Gasteiger partial charge on any atom is 0.328 e. The summed E-state index contributed by atoms with van der Waals surface area (Å²) in [5.74, 6) is 0.302. The first-order chi connectivity index (χ1) is 11.1. The summed E-state index contributed by atoms with van der Waals surface area (Å²) >= 11 is 0. The van der Waals surface area contributed by atoms with Gasteiger partial charge in [0.15, 0.2) is 0 Å². The summed E-state index contributed by atoms with van der Waals surface area (Å²) in [6, 6.07) is 4.71. The van der Waals surface area contributed by atoms with Gasteiger partial charge in [-0.1, -0.05) is 13.8 Å². The highest BCUT2D eigenvalue weighted by atomic mass is 32.2. The number of hydrogen-bond acceptors (Lipinski definition) is 4. The van der Waals surface area contributed by atoms with Gasteiger partial charge in [-0.3, -0.25) is 9.13 Å². The SMILES string of the molecule is CC(C)C(N)CCN(C)S(=O)(=O)c1ccc2c(c1)n(C)c(=O)n2C. The van der Waals surface area contributed by atoms with Crippen molar-refractivity contribution in [1.82, 2.24) is 13.4 Å². The minimum Gasteiger partial charge on any atom is -0.327 e. The van der Waals surface area contributed by atoms with E-state index in [4.69, 9.17) is 5.73 Å². The van der Waals surface area contributed by atoms with Crippen molar-refractivity contribution in [2.75, 3.05) is 13.6 Å². The summed E-state index contributed by atoms with van der Waals surface area (Å²) in [7, 11) is 1.23. The number of benzene rings is 1. The van der Waals surface area contributed by atoms with Crippen LogP contribution in [0.4, 0.5) is 0 Å². The van der Waals surface area contributed by atoms with E-state index in [-0.39, 0.29) is 16.6 Å². The number of sulfonamides is 1. The molecule has 0 aliphatic carbocycles. The van der Waals surface area contributed by atoms with Gasteiger partial charge in [0.2, 0.25) is 10.0 Å². The molecule has 1 unspecified atom stereocenters. The number of fused-ring (bicyclic) bond motifs is 1. The van der Waals surface area contributed by atoms with Crippen molar-refractivity contribution >= 4 is 21.1 Å². The van der Waals surface area contributed by atoms with Gasteiger partial charge in [-0.05, 0) is 30.5 Å². The normalized spacial score (nSPS) is 14.0. The molecular weight excluding hydrogens is 328 g/mol. The molecule has 1 heterocycles. The lowest BCUT2D eigenvalue weighted by molar-refractivity contribution is 0.397. The van der Waals surface area contributed by atoms with E-state index in [1.165, 1.54) is 19.5 Å². The molecule has 1 atom stereocenters. The van der Waals surface area contributed by atoms with Crippen LogP contribution in [0.5, 0.6) is 0 Å². The van der Waals surface area contributed by atoms with Crippen molar-refractivity contribution in [3.63, 3.8) is 0 Å². The minimum atomic E-state index is -3.62. The molecule has 0 amide bonds. The molecule has 0 bridgehead atoms. The molecule has 2 aromatic rings. The summed E-state index contributed by atoms with van der Waals surface area (Å²) in [6.45, 7) is 4.39. The Balaban J connectivity index is 2.34.